The Morgan fingerprint density at radius 3 is 1.73 bits per heavy atom. The second kappa shape index (κ2) is 8.11. The van der Waals surface area contributed by atoms with Crippen LogP contribution >= 0.6 is 0 Å². The molecule has 0 atom stereocenters. The van der Waals surface area contributed by atoms with Gasteiger partial charge in [-0.15, -0.1) is 0 Å². The van der Waals surface area contributed by atoms with Crippen LogP contribution in [0.15, 0.2) is 132 Å². The van der Waals surface area contributed by atoms with Gasteiger partial charge < -0.3 is 13.6 Å². The van der Waals surface area contributed by atoms with E-state index in [1.807, 2.05) is 30.3 Å². The summed E-state index contributed by atoms with van der Waals surface area (Å²) in [5.74, 6) is 0. The first-order valence-corrected chi connectivity index (χ1v) is 13.7. The molecule has 9 aromatic rings. The molecule has 0 aliphatic rings. The van der Waals surface area contributed by atoms with Crippen molar-refractivity contribution < 1.29 is 4.42 Å². The van der Waals surface area contributed by atoms with Crippen molar-refractivity contribution in [3.8, 4) is 17.4 Å². The molecule has 0 fully saturated rings. The van der Waals surface area contributed by atoms with Gasteiger partial charge in [-0.1, -0.05) is 84.9 Å². The Balaban J connectivity index is 1.53. The van der Waals surface area contributed by atoms with E-state index in [1.165, 1.54) is 10.8 Å². The zero-order valence-corrected chi connectivity index (χ0v) is 21.9. The molecule has 6 aromatic carbocycles. The maximum Gasteiger partial charge on any atom is 0.159 e. The molecule has 0 aliphatic heterocycles. The van der Waals surface area contributed by atoms with Gasteiger partial charge in [0.1, 0.15) is 5.58 Å². The predicted octanol–water partition coefficient (Wildman–Crippen LogP) is 9.65. The van der Waals surface area contributed by atoms with Gasteiger partial charge in [-0.2, -0.15) is 5.26 Å². The average Bonchev–Trinajstić information content (AvgIpc) is 3.69. The lowest BCUT2D eigenvalue weighted by Gasteiger charge is -2.15. The summed E-state index contributed by atoms with van der Waals surface area (Å²) in [5.41, 5.74) is 8.56. The number of para-hydroxylation sites is 5. The fraction of sp³-hybridized carbons (Fsp3) is 0. The average molecular weight is 524 g/mol. The highest BCUT2D eigenvalue weighted by atomic mass is 16.3. The fourth-order valence-corrected chi connectivity index (χ4v) is 6.65. The molecule has 4 nitrogen and oxygen atoms in total. The lowest BCUT2D eigenvalue weighted by atomic mass is 10.1. The van der Waals surface area contributed by atoms with Crippen LogP contribution < -0.4 is 0 Å². The summed E-state index contributed by atoms with van der Waals surface area (Å²) in [6.07, 6.45) is 0. The number of hydrogen-bond donors (Lipinski definition) is 0. The standard InChI is InChI=1S/C37H21N3O/c38-22-23-20-29-26-12-3-7-17-32(26)40(33-18-9-14-28-27-13-4-8-19-35(27)41-37(28)33)36(29)34(21-23)39-30-15-5-1-10-24(30)25-11-2-6-16-31(25)39/h1-21H. The minimum atomic E-state index is 0.624. The van der Waals surface area contributed by atoms with Crippen LogP contribution in [0, 0.1) is 11.3 Å². The van der Waals surface area contributed by atoms with E-state index < -0.39 is 0 Å². The zero-order chi connectivity index (χ0) is 27.1. The Morgan fingerprint density at radius 1 is 0.488 bits per heavy atom. The maximum absolute atomic E-state index is 10.2. The van der Waals surface area contributed by atoms with Crippen LogP contribution in [0.3, 0.4) is 0 Å². The van der Waals surface area contributed by atoms with E-state index in [-0.39, 0.29) is 0 Å². The van der Waals surface area contributed by atoms with Crippen LogP contribution in [0.1, 0.15) is 5.56 Å². The number of fused-ring (bicyclic) bond motifs is 9. The number of benzene rings is 6. The summed E-state index contributed by atoms with van der Waals surface area (Å²) in [6.45, 7) is 0. The van der Waals surface area contributed by atoms with Crippen LogP contribution in [0.5, 0.6) is 0 Å². The Bertz CT molecular complexity index is 2500. The van der Waals surface area contributed by atoms with Crippen molar-refractivity contribution in [2.45, 2.75) is 0 Å². The monoisotopic (exact) mass is 523 g/mol. The minimum Gasteiger partial charge on any atom is -0.454 e. The van der Waals surface area contributed by atoms with Crippen LogP contribution in [0.25, 0.3) is 76.9 Å². The van der Waals surface area contributed by atoms with Crippen LogP contribution in [-0.4, -0.2) is 9.13 Å². The number of furan rings is 1. The SMILES string of the molecule is N#Cc1cc(-n2c3ccccc3c3ccccc32)c2c(c1)c1ccccc1n2-c1cccc2c1oc1ccccc12. The molecule has 3 aromatic heterocycles. The maximum atomic E-state index is 10.2. The van der Waals surface area contributed by atoms with Gasteiger partial charge in [0.15, 0.2) is 5.58 Å². The number of nitriles is 1. The Hall–Kier alpha value is -5.79. The largest absolute Gasteiger partial charge is 0.454 e. The third kappa shape index (κ3) is 2.92. The highest BCUT2D eigenvalue weighted by Gasteiger charge is 2.23. The van der Waals surface area contributed by atoms with Gasteiger partial charge in [0, 0.05) is 32.3 Å². The molecule has 0 saturated heterocycles. The van der Waals surface area contributed by atoms with Gasteiger partial charge in [-0.25, -0.2) is 0 Å². The Morgan fingerprint density at radius 2 is 1.05 bits per heavy atom. The molecule has 3 heterocycles. The summed E-state index contributed by atoms with van der Waals surface area (Å²) in [7, 11) is 0. The van der Waals surface area contributed by atoms with Crippen molar-refractivity contribution in [2.24, 2.45) is 0 Å². The molecule has 190 valence electrons. The van der Waals surface area contributed by atoms with Crippen molar-refractivity contribution >= 4 is 65.6 Å². The van der Waals surface area contributed by atoms with Gasteiger partial charge in [-0.3, -0.25) is 0 Å². The van der Waals surface area contributed by atoms with E-state index in [4.69, 9.17) is 4.42 Å². The lowest BCUT2D eigenvalue weighted by Crippen LogP contribution is -2.01. The highest BCUT2D eigenvalue weighted by molar-refractivity contribution is 6.16. The molecule has 4 heteroatoms. The van der Waals surface area contributed by atoms with Gasteiger partial charge >= 0.3 is 0 Å². The number of rotatable bonds is 2. The number of nitrogens with zero attached hydrogens (tertiary/aromatic N) is 3. The third-order valence-electron chi connectivity index (χ3n) is 8.32. The van der Waals surface area contributed by atoms with E-state index in [2.05, 4.69) is 112 Å². The fourth-order valence-electron chi connectivity index (χ4n) is 6.65. The van der Waals surface area contributed by atoms with Crippen molar-refractivity contribution in [2.75, 3.05) is 0 Å². The summed E-state index contributed by atoms with van der Waals surface area (Å²) >= 11 is 0. The smallest absolute Gasteiger partial charge is 0.159 e. The summed E-state index contributed by atoms with van der Waals surface area (Å²) < 4.78 is 11.2. The molecule has 0 aliphatic carbocycles. The van der Waals surface area contributed by atoms with Crippen molar-refractivity contribution in [1.29, 1.82) is 5.26 Å². The zero-order valence-electron chi connectivity index (χ0n) is 21.9. The molecule has 0 amide bonds. The van der Waals surface area contributed by atoms with E-state index in [0.29, 0.717) is 5.56 Å². The molecule has 9 rings (SSSR count). The Kier molecular flexibility index (Phi) is 4.37. The molecule has 0 bridgehead atoms. The predicted molar refractivity (Wildman–Crippen MR) is 167 cm³/mol. The van der Waals surface area contributed by atoms with E-state index in [9.17, 15) is 5.26 Å². The summed E-state index contributed by atoms with van der Waals surface area (Å²) in [5, 5.41) is 16.8. The molecule has 0 unspecified atom stereocenters. The second-order valence-corrected chi connectivity index (χ2v) is 10.5. The summed E-state index contributed by atoms with van der Waals surface area (Å²) in [6, 6.07) is 46.4. The lowest BCUT2D eigenvalue weighted by molar-refractivity contribution is 0.666. The second-order valence-electron chi connectivity index (χ2n) is 10.5. The quantitative estimate of drug-likeness (QED) is 0.226. The molecule has 0 radical (unpaired) electrons. The van der Waals surface area contributed by atoms with Crippen molar-refractivity contribution in [1.82, 2.24) is 9.13 Å². The molecular formula is C37H21N3O. The van der Waals surface area contributed by atoms with Gasteiger partial charge in [0.05, 0.1) is 45.1 Å². The van der Waals surface area contributed by atoms with Crippen molar-refractivity contribution in [3.63, 3.8) is 0 Å². The van der Waals surface area contributed by atoms with Crippen LogP contribution in [-0.2, 0) is 0 Å². The van der Waals surface area contributed by atoms with Gasteiger partial charge in [0.2, 0.25) is 0 Å². The molecule has 0 saturated carbocycles. The number of aromatic nitrogens is 2. The Labute approximate surface area is 234 Å². The topological polar surface area (TPSA) is 46.8 Å². The van der Waals surface area contributed by atoms with Crippen LogP contribution in [0.2, 0.25) is 0 Å². The highest BCUT2D eigenvalue weighted by Crippen LogP contribution is 2.42. The van der Waals surface area contributed by atoms with E-state index in [0.717, 1.165) is 66.2 Å². The minimum absolute atomic E-state index is 0.624. The van der Waals surface area contributed by atoms with Gasteiger partial charge in [-0.05, 0) is 42.5 Å². The summed E-state index contributed by atoms with van der Waals surface area (Å²) in [4.78, 5) is 0. The van der Waals surface area contributed by atoms with Gasteiger partial charge in [0.25, 0.3) is 0 Å². The molecule has 41 heavy (non-hydrogen) atoms. The third-order valence-corrected chi connectivity index (χ3v) is 8.32. The van der Waals surface area contributed by atoms with Crippen molar-refractivity contribution in [3.05, 3.63) is 133 Å². The van der Waals surface area contributed by atoms with E-state index in [1.54, 1.807) is 0 Å². The van der Waals surface area contributed by atoms with E-state index >= 15 is 0 Å². The molecule has 0 spiro atoms. The number of hydrogen-bond acceptors (Lipinski definition) is 2. The first kappa shape index (κ1) is 22.1. The normalized spacial score (nSPS) is 11.9. The molecular weight excluding hydrogens is 502 g/mol. The van der Waals surface area contributed by atoms with Crippen LogP contribution in [0.4, 0.5) is 0 Å². The molecule has 0 N–H and O–H groups in total. The first-order valence-electron chi connectivity index (χ1n) is 13.7. The first-order chi connectivity index (χ1) is 20.3.